The smallest absolute Gasteiger partial charge is 0.227 e. The number of nitrogens with zero attached hydrogens (tertiary/aromatic N) is 5. The van der Waals surface area contributed by atoms with Crippen LogP contribution in [0.2, 0.25) is 0 Å². The van der Waals surface area contributed by atoms with E-state index in [-0.39, 0.29) is 0 Å². The number of ether oxygens (including phenoxy) is 1. The zero-order valence-corrected chi connectivity index (χ0v) is 18.4. The van der Waals surface area contributed by atoms with E-state index in [1.807, 2.05) is 67.0 Å². The van der Waals surface area contributed by atoms with Crippen LogP contribution >= 0.6 is 0 Å². The summed E-state index contributed by atoms with van der Waals surface area (Å²) in [6, 6.07) is 19.6. The molecule has 1 N–H and O–H groups in total. The molecule has 8 heteroatoms. The Labute approximate surface area is 196 Å². The molecule has 0 saturated carbocycles. The van der Waals surface area contributed by atoms with Crippen LogP contribution in [0.4, 0.5) is 17.3 Å². The minimum Gasteiger partial charge on any atom is -0.436 e. The highest BCUT2D eigenvalue weighted by Gasteiger charge is 2.13. The number of fused-ring (bicyclic) bond motifs is 1. The predicted octanol–water partition coefficient (Wildman–Crippen LogP) is 4.93. The van der Waals surface area contributed by atoms with Gasteiger partial charge in [0.2, 0.25) is 11.8 Å². The largest absolute Gasteiger partial charge is 0.436 e. The SMILES string of the molecule is c1ccc(-c2nc3ccc(Nc4nccc(-c5cncc(N6CCOCC6)c5)n4)cc3o2)cc1. The van der Waals surface area contributed by atoms with Gasteiger partial charge in [-0.2, -0.15) is 0 Å². The fourth-order valence-electron chi connectivity index (χ4n) is 3.98. The van der Waals surface area contributed by atoms with E-state index in [4.69, 9.17) is 14.1 Å². The molecule has 8 nitrogen and oxygen atoms in total. The van der Waals surface area contributed by atoms with Gasteiger partial charge in [-0.3, -0.25) is 4.98 Å². The highest BCUT2D eigenvalue weighted by molar-refractivity contribution is 5.80. The Morgan fingerprint density at radius 1 is 0.853 bits per heavy atom. The molecule has 5 aromatic rings. The van der Waals surface area contributed by atoms with Crippen molar-refractivity contribution in [3.05, 3.63) is 79.3 Å². The van der Waals surface area contributed by atoms with Gasteiger partial charge in [-0.15, -0.1) is 0 Å². The van der Waals surface area contributed by atoms with Crippen LogP contribution in [-0.2, 0) is 4.74 Å². The molecule has 4 heterocycles. The lowest BCUT2D eigenvalue weighted by Gasteiger charge is -2.28. The van der Waals surface area contributed by atoms with Gasteiger partial charge < -0.3 is 19.4 Å². The maximum absolute atomic E-state index is 5.98. The molecule has 0 unspecified atom stereocenters. The third-order valence-electron chi connectivity index (χ3n) is 5.72. The van der Waals surface area contributed by atoms with Crippen molar-refractivity contribution >= 4 is 28.4 Å². The van der Waals surface area contributed by atoms with Gasteiger partial charge >= 0.3 is 0 Å². The second-order valence-corrected chi connectivity index (χ2v) is 7.99. The van der Waals surface area contributed by atoms with Crippen molar-refractivity contribution < 1.29 is 9.15 Å². The summed E-state index contributed by atoms with van der Waals surface area (Å²) in [6.45, 7) is 3.18. The average Bonchev–Trinajstić information content (AvgIpc) is 3.34. The van der Waals surface area contributed by atoms with Crippen molar-refractivity contribution in [1.82, 2.24) is 19.9 Å². The van der Waals surface area contributed by atoms with E-state index in [0.717, 1.165) is 60.0 Å². The van der Waals surface area contributed by atoms with Crippen molar-refractivity contribution in [2.24, 2.45) is 0 Å². The van der Waals surface area contributed by atoms with Crippen molar-refractivity contribution in [1.29, 1.82) is 0 Å². The molecule has 2 aromatic carbocycles. The molecule has 34 heavy (non-hydrogen) atoms. The first kappa shape index (κ1) is 20.3. The average molecular weight is 451 g/mol. The van der Waals surface area contributed by atoms with E-state index in [0.29, 0.717) is 17.4 Å². The fourth-order valence-corrected chi connectivity index (χ4v) is 3.98. The summed E-state index contributed by atoms with van der Waals surface area (Å²) in [7, 11) is 0. The van der Waals surface area contributed by atoms with Gasteiger partial charge in [0.25, 0.3) is 0 Å². The molecule has 0 amide bonds. The lowest BCUT2D eigenvalue weighted by atomic mass is 10.2. The second kappa shape index (κ2) is 8.92. The number of benzene rings is 2. The van der Waals surface area contributed by atoms with E-state index in [1.165, 1.54) is 0 Å². The summed E-state index contributed by atoms with van der Waals surface area (Å²) in [5.41, 5.74) is 6.06. The third-order valence-corrected chi connectivity index (χ3v) is 5.72. The Hall–Kier alpha value is -4.30. The molecule has 0 spiro atoms. The summed E-state index contributed by atoms with van der Waals surface area (Å²) < 4.78 is 11.4. The Kier molecular flexibility index (Phi) is 5.33. The van der Waals surface area contributed by atoms with E-state index < -0.39 is 0 Å². The summed E-state index contributed by atoms with van der Waals surface area (Å²) in [5, 5.41) is 3.28. The van der Waals surface area contributed by atoms with Crippen LogP contribution in [0.3, 0.4) is 0 Å². The molecule has 1 aliphatic rings. The molecule has 0 bridgehead atoms. The van der Waals surface area contributed by atoms with Crippen LogP contribution in [0.25, 0.3) is 33.8 Å². The zero-order chi connectivity index (χ0) is 22.7. The van der Waals surface area contributed by atoms with Crippen LogP contribution < -0.4 is 10.2 Å². The number of hydrogen-bond acceptors (Lipinski definition) is 8. The predicted molar refractivity (Wildman–Crippen MR) is 131 cm³/mol. The molecule has 1 saturated heterocycles. The molecular weight excluding hydrogens is 428 g/mol. The molecule has 0 aliphatic carbocycles. The maximum Gasteiger partial charge on any atom is 0.227 e. The van der Waals surface area contributed by atoms with E-state index >= 15 is 0 Å². The molecular formula is C26H22N6O2. The highest BCUT2D eigenvalue weighted by Crippen LogP contribution is 2.28. The minimum atomic E-state index is 0.497. The Balaban J connectivity index is 1.24. The van der Waals surface area contributed by atoms with Gasteiger partial charge in [-0.25, -0.2) is 15.0 Å². The maximum atomic E-state index is 5.98. The number of morpholine rings is 1. The first-order chi connectivity index (χ1) is 16.8. The Morgan fingerprint density at radius 3 is 2.62 bits per heavy atom. The first-order valence-corrected chi connectivity index (χ1v) is 11.2. The first-order valence-electron chi connectivity index (χ1n) is 11.2. The van der Waals surface area contributed by atoms with E-state index in [9.17, 15) is 0 Å². The molecule has 0 atom stereocenters. The lowest BCUT2D eigenvalue weighted by molar-refractivity contribution is 0.122. The minimum absolute atomic E-state index is 0.497. The van der Waals surface area contributed by atoms with Crippen LogP contribution in [0, 0.1) is 0 Å². The van der Waals surface area contributed by atoms with Gasteiger partial charge in [-0.1, -0.05) is 18.2 Å². The second-order valence-electron chi connectivity index (χ2n) is 7.99. The molecule has 1 aliphatic heterocycles. The lowest BCUT2D eigenvalue weighted by Crippen LogP contribution is -2.36. The number of hydrogen-bond donors (Lipinski definition) is 1. The molecule has 168 valence electrons. The van der Waals surface area contributed by atoms with Gasteiger partial charge in [0.1, 0.15) is 5.52 Å². The quantitative estimate of drug-likeness (QED) is 0.403. The van der Waals surface area contributed by atoms with Crippen molar-refractivity contribution in [2.45, 2.75) is 0 Å². The summed E-state index contributed by atoms with van der Waals surface area (Å²) in [5.74, 6) is 1.09. The van der Waals surface area contributed by atoms with E-state index in [1.54, 1.807) is 6.20 Å². The third kappa shape index (κ3) is 4.18. The van der Waals surface area contributed by atoms with Crippen LogP contribution in [-0.4, -0.2) is 46.2 Å². The van der Waals surface area contributed by atoms with Crippen LogP contribution in [0.1, 0.15) is 0 Å². The van der Waals surface area contributed by atoms with E-state index in [2.05, 4.69) is 31.2 Å². The molecule has 6 rings (SSSR count). The van der Waals surface area contributed by atoms with Gasteiger partial charge in [0.15, 0.2) is 5.58 Å². The monoisotopic (exact) mass is 450 g/mol. The number of aromatic nitrogens is 4. The van der Waals surface area contributed by atoms with Crippen LogP contribution in [0.15, 0.2) is 83.7 Å². The van der Waals surface area contributed by atoms with Gasteiger partial charge in [0, 0.05) is 48.4 Å². The zero-order valence-electron chi connectivity index (χ0n) is 18.4. The fraction of sp³-hybridized carbons (Fsp3) is 0.154. The highest BCUT2D eigenvalue weighted by atomic mass is 16.5. The van der Waals surface area contributed by atoms with Crippen molar-refractivity contribution in [3.63, 3.8) is 0 Å². The van der Waals surface area contributed by atoms with Crippen LogP contribution in [0.5, 0.6) is 0 Å². The molecule has 1 fully saturated rings. The Bertz CT molecular complexity index is 1430. The number of pyridine rings is 1. The number of rotatable bonds is 5. The standard InChI is InChI=1S/C26H22N6O2/c1-2-4-18(5-3-1)25-30-23-7-6-20(15-24(23)34-25)29-26-28-9-8-22(31-26)19-14-21(17-27-16-19)32-10-12-33-13-11-32/h1-9,14-17H,10-13H2,(H,28,29,31). The summed E-state index contributed by atoms with van der Waals surface area (Å²) >= 11 is 0. The number of nitrogens with one attached hydrogen (secondary N) is 1. The normalized spacial score (nSPS) is 13.8. The summed E-state index contributed by atoms with van der Waals surface area (Å²) in [6.07, 6.45) is 5.44. The van der Waals surface area contributed by atoms with Gasteiger partial charge in [0.05, 0.1) is 30.8 Å². The van der Waals surface area contributed by atoms with Crippen molar-refractivity contribution in [3.8, 4) is 22.7 Å². The number of anilines is 3. The topological polar surface area (TPSA) is 89.2 Å². The van der Waals surface area contributed by atoms with Crippen molar-refractivity contribution in [2.75, 3.05) is 36.5 Å². The Morgan fingerprint density at radius 2 is 1.74 bits per heavy atom. The number of oxazole rings is 1. The van der Waals surface area contributed by atoms with Gasteiger partial charge in [-0.05, 0) is 36.4 Å². The molecule has 0 radical (unpaired) electrons. The summed E-state index contributed by atoms with van der Waals surface area (Å²) in [4.78, 5) is 20.4. The molecule has 3 aromatic heterocycles.